The second kappa shape index (κ2) is 5.05. The van der Waals surface area contributed by atoms with Crippen molar-refractivity contribution in [2.24, 2.45) is 0 Å². The molecule has 1 unspecified atom stereocenters. The van der Waals surface area contributed by atoms with E-state index in [1.54, 1.807) is 6.92 Å². The molecule has 0 spiro atoms. The third-order valence-electron chi connectivity index (χ3n) is 1.97. The Hall–Kier alpha value is -0.750. The number of aliphatic hydroxyl groups is 1. The van der Waals surface area contributed by atoms with Gasteiger partial charge in [0.15, 0.2) is 0 Å². The summed E-state index contributed by atoms with van der Waals surface area (Å²) in [6, 6.07) is 3.12. The first-order valence-electron chi connectivity index (χ1n) is 4.58. The highest BCUT2D eigenvalue weighted by molar-refractivity contribution is 9.10. The van der Waals surface area contributed by atoms with Crippen molar-refractivity contribution in [3.05, 3.63) is 28.2 Å². The van der Waals surface area contributed by atoms with E-state index in [0.717, 1.165) is 12.1 Å². The lowest BCUT2D eigenvalue weighted by molar-refractivity contribution is -0.137. The van der Waals surface area contributed by atoms with Gasteiger partial charge in [-0.2, -0.15) is 13.2 Å². The molecule has 2 nitrogen and oxygen atoms in total. The summed E-state index contributed by atoms with van der Waals surface area (Å²) in [5.74, 6) is 0. The molecule has 0 fully saturated rings. The van der Waals surface area contributed by atoms with Crippen LogP contribution in [-0.2, 0) is 6.18 Å². The normalized spacial score (nSPS) is 13.6. The van der Waals surface area contributed by atoms with Gasteiger partial charge in [0.1, 0.15) is 0 Å². The van der Waals surface area contributed by atoms with Crippen molar-refractivity contribution < 1.29 is 18.3 Å². The first-order chi connectivity index (χ1) is 7.34. The van der Waals surface area contributed by atoms with E-state index >= 15 is 0 Å². The van der Waals surface area contributed by atoms with Crippen LogP contribution in [0.3, 0.4) is 0 Å². The maximum absolute atomic E-state index is 12.3. The van der Waals surface area contributed by atoms with E-state index in [0.29, 0.717) is 10.2 Å². The summed E-state index contributed by atoms with van der Waals surface area (Å²) < 4.78 is 37.4. The van der Waals surface area contributed by atoms with E-state index in [2.05, 4.69) is 21.2 Å². The minimum atomic E-state index is -4.34. The molecule has 0 aromatic heterocycles. The molecular formula is C10H11BrF3NO. The van der Waals surface area contributed by atoms with E-state index in [9.17, 15) is 13.2 Å². The smallest absolute Gasteiger partial charge is 0.394 e. The van der Waals surface area contributed by atoms with E-state index in [4.69, 9.17) is 5.11 Å². The summed E-state index contributed by atoms with van der Waals surface area (Å²) in [5.41, 5.74) is -0.184. The Morgan fingerprint density at radius 3 is 2.50 bits per heavy atom. The van der Waals surface area contributed by atoms with Gasteiger partial charge in [-0.15, -0.1) is 0 Å². The van der Waals surface area contributed by atoms with Crippen molar-refractivity contribution in [1.29, 1.82) is 0 Å². The lowest BCUT2D eigenvalue weighted by atomic mass is 10.2. The van der Waals surface area contributed by atoms with Crippen LogP contribution in [0.2, 0.25) is 0 Å². The number of alkyl halides is 3. The lowest BCUT2D eigenvalue weighted by Crippen LogP contribution is -2.19. The van der Waals surface area contributed by atoms with Crippen molar-refractivity contribution in [3.63, 3.8) is 0 Å². The maximum atomic E-state index is 12.3. The largest absolute Gasteiger partial charge is 0.416 e. The van der Waals surface area contributed by atoms with Gasteiger partial charge in [0.2, 0.25) is 0 Å². The highest BCUT2D eigenvalue weighted by atomic mass is 79.9. The van der Waals surface area contributed by atoms with Crippen LogP contribution in [0.15, 0.2) is 22.7 Å². The van der Waals surface area contributed by atoms with Crippen LogP contribution >= 0.6 is 15.9 Å². The average Bonchev–Trinajstić information content (AvgIpc) is 2.19. The SMILES string of the molecule is CC(CO)Nc1ccc(C(F)(F)F)cc1Br. The summed E-state index contributed by atoms with van der Waals surface area (Å²) in [4.78, 5) is 0. The molecule has 6 heteroatoms. The molecule has 2 N–H and O–H groups in total. The molecule has 0 heterocycles. The van der Waals surface area contributed by atoms with Gasteiger partial charge in [-0.05, 0) is 41.1 Å². The first-order valence-corrected chi connectivity index (χ1v) is 5.38. The Morgan fingerprint density at radius 1 is 1.44 bits per heavy atom. The number of anilines is 1. The number of hydrogen-bond donors (Lipinski definition) is 2. The molecule has 16 heavy (non-hydrogen) atoms. The Morgan fingerprint density at radius 2 is 2.06 bits per heavy atom. The van der Waals surface area contributed by atoms with Crippen molar-refractivity contribution in [2.45, 2.75) is 19.1 Å². The van der Waals surface area contributed by atoms with Gasteiger partial charge in [-0.25, -0.2) is 0 Å². The van der Waals surface area contributed by atoms with E-state index in [1.165, 1.54) is 6.07 Å². The van der Waals surface area contributed by atoms with Gasteiger partial charge < -0.3 is 10.4 Å². The Labute approximate surface area is 99.6 Å². The summed E-state index contributed by atoms with van der Waals surface area (Å²) in [6.45, 7) is 1.64. The van der Waals surface area contributed by atoms with Gasteiger partial charge in [-0.1, -0.05) is 0 Å². The minimum Gasteiger partial charge on any atom is -0.394 e. The average molecular weight is 298 g/mol. The second-order valence-electron chi connectivity index (χ2n) is 3.42. The van der Waals surface area contributed by atoms with Crippen LogP contribution in [0.25, 0.3) is 0 Å². The van der Waals surface area contributed by atoms with Crippen LogP contribution in [-0.4, -0.2) is 17.8 Å². The zero-order valence-electron chi connectivity index (χ0n) is 8.48. The third-order valence-corrected chi connectivity index (χ3v) is 2.63. The van der Waals surface area contributed by atoms with E-state index < -0.39 is 11.7 Å². The maximum Gasteiger partial charge on any atom is 0.416 e. The molecule has 1 rings (SSSR count). The minimum absolute atomic E-state index is 0.0898. The summed E-state index contributed by atoms with van der Waals surface area (Å²) >= 11 is 3.05. The van der Waals surface area contributed by atoms with Crippen LogP contribution in [0.4, 0.5) is 18.9 Å². The van der Waals surface area contributed by atoms with Crippen molar-refractivity contribution >= 4 is 21.6 Å². The van der Waals surface area contributed by atoms with Gasteiger partial charge in [0, 0.05) is 16.2 Å². The predicted molar refractivity (Wildman–Crippen MR) is 59.3 cm³/mol. The van der Waals surface area contributed by atoms with Gasteiger partial charge >= 0.3 is 6.18 Å². The van der Waals surface area contributed by atoms with Crippen LogP contribution in [0.5, 0.6) is 0 Å². The molecule has 1 atom stereocenters. The fraction of sp³-hybridized carbons (Fsp3) is 0.400. The highest BCUT2D eigenvalue weighted by Crippen LogP contribution is 2.34. The van der Waals surface area contributed by atoms with Crippen molar-refractivity contribution in [3.8, 4) is 0 Å². The van der Waals surface area contributed by atoms with Crippen LogP contribution in [0.1, 0.15) is 12.5 Å². The number of halogens is 4. The summed E-state index contributed by atoms with van der Waals surface area (Å²) in [7, 11) is 0. The number of rotatable bonds is 3. The molecule has 0 aliphatic heterocycles. The fourth-order valence-corrected chi connectivity index (χ4v) is 1.61. The van der Waals surface area contributed by atoms with Crippen LogP contribution < -0.4 is 5.32 Å². The zero-order chi connectivity index (χ0) is 12.3. The molecule has 1 aromatic rings. The highest BCUT2D eigenvalue weighted by Gasteiger charge is 2.30. The molecule has 0 aliphatic carbocycles. The Bertz CT molecular complexity index is 368. The van der Waals surface area contributed by atoms with Crippen molar-refractivity contribution in [2.75, 3.05) is 11.9 Å². The molecule has 90 valence electrons. The topological polar surface area (TPSA) is 32.3 Å². The lowest BCUT2D eigenvalue weighted by Gasteiger charge is -2.15. The molecule has 0 bridgehead atoms. The number of hydrogen-bond acceptors (Lipinski definition) is 2. The standard InChI is InChI=1S/C10H11BrF3NO/c1-6(5-16)15-9-3-2-7(4-8(9)11)10(12,13)14/h2-4,6,15-16H,5H2,1H3. The molecule has 1 aromatic carbocycles. The quantitative estimate of drug-likeness (QED) is 0.897. The molecule has 0 amide bonds. The molecule has 0 saturated heterocycles. The molecule has 0 radical (unpaired) electrons. The first kappa shape index (κ1) is 13.3. The van der Waals surface area contributed by atoms with E-state index in [-0.39, 0.29) is 12.6 Å². The van der Waals surface area contributed by atoms with Gasteiger partial charge in [-0.3, -0.25) is 0 Å². The Kier molecular flexibility index (Phi) is 4.21. The fourth-order valence-electron chi connectivity index (χ4n) is 1.12. The monoisotopic (exact) mass is 297 g/mol. The number of aliphatic hydroxyl groups excluding tert-OH is 1. The Balaban J connectivity index is 2.92. The van der Waals surface area contributed by atoms with E-state index in [1.807, 2.05) is 0 Å². The van der Waals surface area contributed by atoms with Crippen molar-refractivity contribution in [1.82, 2.24) is 0 Å². The van der Waals surface area contributed by atoms with Gasteiger partial charge in [0.05, 0.1) is 12.2 Å². The molecular weight excluding hydrogens is 287 g/mol. The summed E-state index contributed by atoms with van der Waals surface area (Å²) in [6.07, 6.45) is -4.34. The second-order valence-corrected chi connectivity index (χ2v) is 4.27. The number of nitrogens with one attached hydrogen (secondary N) is 1. The molecule has 0 saturated carbocycles. The number of benzene rings is 1. The predicted octanol–water partition coefficient (Wildman–Crippen LogP) is 3.26. The van der Waals surface area contributed by atoms with Crippen LogP contribution in [0, 0.1) is 0 Å². The summed E-state index contributed by atoms with van der Waals surface area (Å²) in [5, 5.41) is 11.7. The third kappa shape index (κ3) is 3.38. The zero-order valence-corrected chi connectivity index (χ0v) is 10.1. The van der Waals surface area contributed by atoms with Gasteiger partial charge in [0.25, 0.3) is 0 Å². The molecule has 0 aliphatic rings.